The normalized spacial score (nSPS) is 23.7. The lowest BCUT2D eigenvalue weighted by molar-refractivity contribution is -0.178. The molecule has 0 saturated heterocycles. The highest BCUT2D eigenvalue weighted by atomic mass is 16.6. The van der Waals surface area contributed by atoms with Gasteiger partial charge in [0.2, 0.25) is 0 Å². The Morgan fingerprint density at radius 1 is 0.931 bits per heavy atom. The Hall–Kier alpha value is -0.940. The van der Waals surface area contributed by atoms with E-state index in [4.69, 9.17) is 14.2 Å². The fraction of sp³-hybridized carbons (Fsp3) is 0.917. The van der Waals surface area contributed by atoms with Crippen molar-refractivity contribution in [2.75, 3.05) is 13.2 Å². The number of ether oxygens (including phenoxy) is 3. The van der Waals surface area contributed by atoms with Crippen LogP contribution in [-0.2, 0) is 23.8 Å². The van der Waals surface area contributed by atoms with Gasteiger partial charge in [0.1, 0.15) is 18.8 Å². The van der Waals surface area contributed by atoms with Gasteiger partial charge in [0.05, 0.1) is 11.2 Å². The number of hydrogen-bond acceptors (Lipinski definition) is 5. The van der Waals surface area contributed by atoms with Gasteiger partial charge in [0.25, 0.3) is 0 Å². The molecular weight excluding hydrogens is 368 g/mol. The number of Topliss-reactive ketones (excluding diaryl/α,β-unsaturated/α-hetero) is 1. The molecule has 0 aliphatic heterocycles. The maximum atomic E-state index is 12.3. The molecule has 5 nitrogen and oxygen atoms in total. The third-order valence-electron chi connectivity index (χ3n) is 6.87. The van der Waals surface area contributed by atoms with Crippen LogP contribution in [0.1, 0.15) is 101 Å². The zero-order valence-electron chi connectivity index (χ0n) is 20.3. The Kier molecular flexibility index (Phi) is 8.92. The quantitative estimate of drug-likeness (QED) is 0.420. The van der Waals surface area contributed by atoms with Crippen LogP contribution < -0.4 is 0 Å². The first-order valence-corrected chi connectivity index (χ1v) is 11.2. The highest BCUT2D eigenvalue weighted by molar-refractivity contribution is 5.85. The standard InChI is InChI=1S/C24H44O5/c1-10-21(3,4)19(25)16-27-17-20(26)28-23(7,8)18-12-14-24(9,15-13-18)29-22(5,6)11-2/h18H,10-17H2,1-9H3. The number of esters is 1. The van der Waals surface area contributed by atoms with Crippen molar-refractivity contribution in [2.45, 2.75) is 118 Å². The molecule has 0 amide bonds. The summed E-state index contributed by atoms with van der Waals surface area (Å²) in [6.07, 6.45) is 5.55. The van der Waals surface area contributed by atoms with Crippen LogP contribution in [0.2, 0.25) is 0 Å². The topological polar surface area (TPSA) is 61.8 Å². The molecule has 0 aromatic rings. The lowest BCUT2D eigenvalue weighted by Crippen LogP contribution is -2.46. The molecule has 29 heavy (non-hydrogen) atoms. The van der Waals surface area contributed by atoms with Gasteiger partial charge in [0, 0.05) is 5.41 Å². The van der Waals surface area contributed by atoms with Gasteiger partial charge in [-0.05, 0) is 79.1 Å². The molecule has 0 heterocycles. The number of ketones is 1. The van der Waals surface area contributed by atoms with Gasteiger partial charge in [-0.3, -0.25) is 4.79 Å². The van der Waals surface area contributed by atoms with Crippen LogP contribution >= 0.6 is 0 Å². The first-order valence-electron chi connectivity index (χ1n) is 11.2. The highest BCUT2D eigenvalue weighted by Crippen LogP contribution is 2.42. The second-order valence-electron chi connectivity index (χ2n) is 10.7. The third kappa shape index (κ3) is 8.01. The van der Waals surface area contributed by atoms with E-state index in [2.05, 4.69) is 27.7 Å². The van der Waals surface area contributed by atoms with Crippen molar-refractivity contribution in [3.63, 3.8) is 0 Å². The van der Waals surface area contributed by atoms with Gasteiger partial charge >= 0.3 is 5.97 Å². The van der Waals surface area contributed by atoms with E-state index in [-0.39, 0.29) is 36.1 Å². The molecule has 5 heteroatoms. The molecule has 1 fully saturated rings. The molecule has 0 aromatic carbocycles. The molecule has 170 valence electrons. The largest absolute Gasteiger partial charge is 0.458 e. The van der Waals surface area contributed by atoms with E-state index in [0.29, 0.717) is 0 Å². The Labute approximate surface area is 178 Å². The third-order valence-corrected chi connectivity index (χ3v) is 6.87. The van der Waals surface area contributed by atoms with E-state index in [1.54, 1.807) is 0 Å². The summed E-state index contributed by atoms with van der Waals surface area (Å²) in [5, 5.41) is 0. The number of carbonyl (C=O) groups excluding carboxylic acids is 2. The van der Waals surface area contributed by atoms with Crippen LogP contribution in [0.15, 0.2) is 0 Å². The summed E-state index contributed by atoms with van der Waals surface area (Å²) in [6.45, 7) is 18.1. The predicted molar refractivity (Wildman–Crippen MR) is 116 cm³/mol. The first kappa shape index (κ1) is 26.1. The van der Waals surface area contributed by atoms with Crippen LogP contribution in [0.3, 0.4) is 0 Å². The Balaban J connectivity index is 2.49. The van der Waals surface area contributed by atoms with Crippen LogP contribution in [0.5, 0.6) is 0 Å². The number of hydrogen-bond donors (Lipinski definition) is 0. The minimum atomic E-state index is -0.561. The maximum Gasteiger partial charge on any atom is 0.332 e. The van der Waals surface area contributed by atoms with E-state index in [9.17, 15) is 9.59 Å². The van der Waals surface area contributed by atoms with Crippen molar-refractivity contribution in [2.24, 2.45) is 11.3 Å². The average molecular weight is 413 g/mol. The Morgan fingerprint density at radius 2 is 1.48 bits per heavy atom. The molecule has 0 unspecified atom stereocenters. The number of rotatable bonds is 11. The zero-order chi connectivity index (χ0) is 22.5. The molecule has 0 radical (unpaired) electrons. The lowest BCUT2D eigenvalue weighted by Gasteiger charge is -2.45. The first-order chi connectivity index (χ1) is 13.2. The summed E-state index contributed by atoms with van der Waals surface area (Å²) in [4.78, 5) is 24.4. The second kappa shape index (κ2) is 9.91. The summed E-state index contributed by atoms with van der Waals surface area (Å²) in [6, 6.07) is 0. The minimum Gasteiger partial charge on any atom is -0.458 e. The molecule has 1 aliphatic carbocycles. The van der Waals surface area contributed by atoms with Crippen molar-refractivity contribution in [1.82, 2.24) is 0 Å². The van der Waals surface area contributed by atoms with Gasteiger partial charge in [-0.25, -0.2) is 4.79 Å². The molecule has 0 aromatic heterocycles. The van der Waals surface area contributed by atoms with Crippen LogP contribution in [0.25, 0.3) is 0 Å². The summed E-state index contributed by atoms with van der Waals surface area (Å²) in [5.41, 5.74) is -1.22. The summed E-state index contributed by atoms with van der Waals surface area (Å²) < 4.78 is 17.5. The molecule has 1 saturated carbocycles. The lowest BCUT2D eigenvalue weighted by atomic mass is 9.73. The van der Waals surface area contributed by atoms with Crippen molar-refractivity contribution < 1.29 is 23.8 Å². The van der Waals surface area contributed by atoms with Gasteiger partial charge in [-0.1, -0.05) is 27.7 Å². The monoisotopic (exact) mass is 412 g/mol. The summed E-state index contributed by atoms with van der Waals surface area (Å²) in [5.74, 6) is -0.115. The average Bonchev–Trinajstić information content (AvgIpc) is 2.60. The van der Waals surface area contributed by atoms with E-state index in [1.165, 1.54) is 0 Å². The second-order valence-corrected chi connectivity index (χ2v) is 10.7. The number of carbonyl (C=O) groups is 2. The van der Waals surface area contributed by atoms with E-state index >= 15 is 0 Å². The van der Waals surface area contributed by atoms with Crippen LogP contribution in [0, 0.1) is 11.3 Å². The molecule has 1 aliphatic rings. The highest BCUT2D eigenvalue weighted by Gasteiger charge is 2.42. The molecule has 1 rings (SSSR count). The van der Waals surface area contributed by atoms with Crippen LogP contribution in [-0.4, -0.2) is 41.8 Å². The van der Waals surface area contributed by atoms with Crippen molar-refractivity contribution >= 4 is 11.8 Å². The van der Waals surface area contributed by atoms with Crippen LogP contribution in [0.4, 0.5) is 0 Å². The molecular formula is C24H44O5. The Morgan fingerprint density at radius 3 is 1.97 bits per heavy atom. The summed E-state index contributed by atoms with van der Waals surface area (Å²) >= 11 is 0. The Bertz CT molecular complexity index is 554. The van der Waals surface area contributed by atoms with Gasteiger partial charge in [-0.2, -0.15) is 0 Å². The van der Waals surface area contributed by atoms with Crippen molar-refractivity contribution in [3.05, 3.63) is 0 Å². The fourth-order valence-electron chi connectivity index (χ4n) is 3.79. The van der Waals surface area contributed by atoms with Crippen molar-refractivity contribution in [1.29, 1.82) is 0 Å². The van der Waals surface area contributed by atoms with E-state index in [0.717, 1.165) is 38.5 Å². The van der Waals surface area contributed by atoms with Crippen molar-refractivity contribution in [3.8, 4) is 0 Å². The van der Waals surface area contributed by atoms with Gasteiger partial charge < -0.3 is 14.2 Å². The molecule has 0 atom stereocenters. The molecule has 0 spiro atoms. The van der Waals surface area contributed by atoms with Gasteiger partial charge in [0.15, 0.2) is 5.78 Å². The zero-order valence-corrected chi connectivity index (χ0v) is 20.3. The fourth-order valence-corrected chi connectivity index (χ4v) is 3.79. The maximum absolute atomic E-state index is 12.3. The van der Waals surface area contributed by atoms with E-state index < -0.39 is 17.0 Å². The molecule has 0 bridgehead atoms. The predicted octanol–water partition coefficient (Wildman–Crippen LogP) is 5.48. The summed E-state index contributed by atoms with van der Waals surface area (Å²) in [7, 11) is 0. The minimum absolute atomic E-state index is 0.00799. The smallest absolute Gasteiger partial charge is 0.332 e. The molecule has 0 N–H and O–H groups in total. The van der Waals surface area contributed by atoms with Gasteiger partial charge in [-0.15, -0.1) is 0 Å². The SMILES string of the molecule is CCC(C)(C)OC1(C)CCC(C(C)(C)OC(=O)COCC(=O)C(C)(C)CC)CC1. The van der Waals surface area contributed by atoms with E-state index in [1.807, 2.05) is 34.6 Å².